The van der Waals surface area contributed by atoms with Crippen molar-refractivity contribution in [1.29, 1.82) is 0 Å². The number of nitro groups is 1. The van der Waals surface area contributed by atoms with Gasteiger partial charge >= 0.3 is 0 Å². The van der Waals surface area contributed by atoms with Crippen LogP contribution in [0.2, 0.25) is 5.02 Å². The molecule has 7 heteroatoms. The van der Waals surface area contributed by atoms with Crippen LogP contribution in [0.25, 0.3) is 0 Å². The lowest BCUT2D eigenvalue weighted by atomic mass is 10.2. The van der Waals surface area contributed by atoms with E-state index >= 15 is 0 Å². The van der Waals surface area contributed by atoms with Gasteiger partial charge in [-0.15, -0.1) is 0 Å². The summed E-state index contributed by atoms with van der Waals surface area (Å²) in [6, 6.07) is 4.60. The van der Waals surface area contributed by atoms with Gasteiger partial charge in [-0.3, -0.25) is 14.9 Å². The molecule has 1 fully saturated rings. The monoisotopic (exact) mass is 297 g/mol. The van der Waals surface area contributed by atoms with Crippen LogP contribution in [0.15, 0.2) is 18.2 Å². The van der Waals surface area contributed by atoms with Gasteiger partial charge in [-0.1, -0.05) is 11.6 Å². The summed E-state index contributed by atoms with van der Waals surface area (Å²) < 4.78 is 0. The Morgan fingerprint density at radius 1 is 1.40 bits per heavy atom. The summed E-state index contributed by atoms with van der Waals surface area (Å²) in [5.41, 5.74) is 0.583. The van der Waals surface area contributed by atoms with Crippen molar-refractivity contribution in [3.63, 3.8) is 0 Å². The molecule has 1 aliphatic carbocycles. The number of nitrogens with zero attached hydrogens (tertiary/aromatic N) is 1. The van der Waals surface area contributed by atoms with Crippen LogP contribution in [0.5, 0.6) is 0 Å². The minimum Gasteiger partial charge on any atom is -0.355 e. The molecule has 0 atom stereocenters. The third kappa shape index (κ3) is 4.18. The number of halogens is 1. The van der Waals surface area contributed by atoms with Crippen molar-refractivity contribution in [2.45, 2.75) is 19.4 Å². The molecule has 1 aliphatic rings. The summed E-state index contributed by atoms with van der Waals surface area (Å²) >= 11 is 5.74. The molecular formula is C13H16ClN3O3. The number of hydrogen-bond acceptors (Lipinski definition) is 4. The molecule has 0 heterocycles. The lowest BCUT2D eigenvalue weighted by Gasteiger charge is -2.07. The van der Waals surface area contributed by atoms with E-state index < -0.39 is 4.92 Å². The second-order valence-corrected chi connectivity index (χ2v) is 5.21. The summed E-state index contributed by atoms with van der Waals surface area (Å²) in [6.07, 6.45) is 1.96. The summed E-state index contributed by atoms with van der Waals surface area (Å²) in [5.74, 6) is 0.302. The van der Waals surface area contributed by atoms with Crippen molar-refractivity contribution < 1.29 is 9.72 Å². The average Bonchev–Trinajstić information content (AvgIpc) is 3.23. The maximum absolute atomic E-state index is 11.4. The zero-order valence-corrected chi connectivity index (χ0v) is 11.7. The fourth-order valence-electron chi connectivity index (χ4n) is 1.84. The number of nitrogens with one attached hydrogen (secondary N) is 2. The fraction of sp³-hybridized carbons (Fsp3) is 0.462. The van der Waals surface area contributed by atoms with Gasteiger partial charge in [0.1, 0.15) is 0 Å². The first-order valence-electron chi connectivity index (χ1n) is 6.49. The van der Waals surface area contributed by atoms with E-state index in [2.05, 4.69) is 10.6 Å². The van der Waals surface area contributed by atoms with Gasteiger partial charge in [-0.05, 0) is 25.0 Å². The summed E-state index contributed by atoms with van der Waals surface area (Å²) in [6.45, 7) is 1.46. The summed E-state index contributed by atoms with van der Waals surface area (Å²) in [7, 11) is 0. The van der Waals surface area contributed by atoms with Crippen LogP contribution in [0.1, 0.15) is 18.4 Å². The first-order valence-corrected chi connectivity index (χ1v) is 6.87. The van der Waals surface area contributed by atoms with E-state index in [-0.39, 0.29) is 17.5 Å². The highest BCUT2D eigenvalue weighted by molar-refractivity contribution is 6.30. The van der Waals surface area contributed by atoms with Crippen LogP contribution in [-0.4, -0.2) is 23.9 Å². The van der Waals surface area contributed by atoms with Crippen molar-refractivity contribution in [2.75, 3.05) is 13.1 Å². The quantitative estimate of drug-likeness (QED) is 0.457. The third-order valence-corrected chi connectivity index (χ3v) is 3.34. The smallest absolute Gasteiger partial charge is 0.275 e. The van der Waals surface area contributed by atoms with E-state index in [9.17, 15) is 14.9 Å². The SMILES string of the molecule is O=C(NCCNCc1ccc(Cl)cc1[N+](=O)[O-])C1CC1. The van der Waals surface area contributed by atoms with Crippen molar-refractivity contribution in [2.24, 2.45) is 5.92 Å². The number of carbonyl (C=O) groups is 1. The highest BCUT2D eigenvalue weighted by atomic mass is 35.5. The van der Waals surface area contributed by atoms with Gasteiger partial charge < -0.3 is 10.6 Å². The van der Waals surface area contributed by atoms with Crippen molar-refractivity contribution in [1.82, 2.24) is 10.6 Å². The van der Waals surface area contributed by atoms with E-state index in [1.54, 1.807) is 12.1 Å². The van der Waals surface area contributed by atoms with Crippen molar-refractivity contribution in [3.8, 4) is 0 Å². The molecule has 108 valence electrons. The Bertz CT molecular complexity index is 518. The molecule has 2 rings (SSSR count). The van der Waals surface area contributed by atoms with E-state index in [1.807, 2.05) is 0 Å². The second kappa shape index (κ2) is 6.67. The molecule has 0 saturated heterocycles. The molecule has 0 spiro atoms. The van der Waals surface area contributed by atoms with Gasteiger partial charge in [0.25, 0.3) is 5.69 Å². The maximum atomic E-state index is 11.4. The Kier molecular flexibility index (Phi) is 4.92. The van der Waals surface area contributed by atoms with E-state index in [0.717, 1.165) is 12.8 Å². The molecule has 0 radical (unpaired) electrons. The molecular weight excluding hydrogens is 282 g/mol. The minimum atomic E-state index is -0.447. The number of hydrogen-bond donors (Lipinski definition) is 2. The predicted molar refractivity (Wildman–Crippen MR) is 75.5 cm³/mol. The van der Waals surface area contributed by atoms with Gasteiger partial charge in [0.2, 0.25) is 5.91 Å². The first kappa shape index (κ1) is 14.7. The van der Waals surface area contributed by atoms with Crippen LogP contribution in [0.3, 0.4) is 0 Å². The topological polar surface area (TPSA) is 84.3 Å². The normalized spacial score (nSPS) is 14.1. The zero-order chi connectivity index (χ0) is 14.5. The average molecular weight is 298 g/mol. The highest BCUT2D eigenvalue weighted by Crippen LogP contribution is 2.28. The summed E-state index contributed by atoms with van der Waals surface area (Å²) in [5, 5.41) is 17.1. The number of amides is 1. The number of benzene rings is 1. The third-order valence-electron chi connectivity index (χ3n) is 3.11. The van der Waals surface area contributed by atoms with E-state index in [1.165, 1.54) is 6.07 Å². The van der Waals surface area contributed by atoms with E-state index in [4.69, 9.17) is 11.6 Å². The van der Waals surface area contributed by atoms with Crippen LogP contribution in [0.4, 0.5) is 5.69 Å². The largest absolute Gasteiger partial charge is 0.355 e. The predicted octanol–water partition coefficient (Wildman–Crippen LogP) is 1.86. The Balaban J connectivity index is 1.75. The Hall–Kier alpha value is -1.66. The molecule has 1 aromatic carbocycles. The fourth-order valence-corrected chi connectivity index (χ4v) is 2.01. The second-order valence-electron chi connectivity index (χ2n) is 4.77. The molecule has 0 bridgehead atoms. The Morgan fingerprint density at radius 2 is 2.15 bits per heavy atom. The lowest BCUT2D eigenvalue weighted by molar-refractivity contribution is -0.385. The van der Waals surface area contributed by atoms with Gasteiger partial charge in [-0.2, -0.15) is 0 Å². The van der Waals surface area contributed by atoms with Crippen LogP contribution < -0.4 is 10.6 Å². The molecule has 20 heavy (non-hydrogen) atoms. The first-order chi connectivity index (χ1) is 9.58. The summed E-state index contributed by atoms with van der Waals surface area (Å²) in [4.78, 5) is 21.8. The van der Waals surface area contributed by atoms with Crippen molar-refractivity contribution >= 4 is 23.2 Å². The number of carbonyl (C=O) groups excluding carboxylic acids is 1. The van der Waals surface area contributed by atoms with Crippen LogP contribution in [0, 0.1) is 16.0 Å². The number of nitro benzene ring substituents is 1. The molecule has 2 N–H and O–H groups in total. The Morgan fingerprint density at radius 3 is 2.80 bits per heavy atom. The highest BCUT2D eigenvalue weighted by Gasteiger charge is 2.28. The van der Waals surface area contributed by atoms with Crippen molar-refractivity contribution in [3.05, 3.63) is 38.9 Å². The van der Waals surface area contributed by atoms with Gasteiger partial charge in [0.15, 0.2) is 0 Å². The maximum Gasteiger partial charge on any atom is 0.275 e. The Labute approximate surface area is 121 Å². The molecule has 0 unspecified atom stereocenters. The molecule has 6 nitrogen and oxygen atoms in total. The van der Waals surface area contributed by atoms with Crippen LogP contribution >= 0.6 is 11.6 Å². The van der Waals surface area contributed by atoms with Gasteiger partial charge in [-0.25, -0.2) is 0 Å². The standard InChI is InChI=1S/C13H16ClN3O3/c14-11-4-3-10(12(7-11)17(19)20)8-15-5-6-16-13(18)9-1-2-9/h3-4,7,9,15H,1-2,5-6,8H2,(H,16,18). The molecule has 0 aliphatic heterocycles. The molecule has 1 amide bonds. The zero-order valence-electron chi connectivity index (χ0n) is 10.9. The molecule has 0 aromatic heterocycles. The molecule has 1 aromatic rings. The van der Waals surface area contributed by atoms with Gasteiger partial charge in [0.05, 0.1) is 4.92 Å². The molecule has 1 saturated carbocycles. The van der Waals surface area contributed by atoms with E-state index in [0.29, 0.717) is 30.2 Å². The minimum absolute atomic E-state index is 0.00650. The van der Waals surface area contributed by atoms with Crippen LogP contribution in [-0.2, 0) is 11.3 Å². The lowest BCUT2D eigenvalue weighted by Crippen LogP contribution is -2.32. The van der Waals surface area contributed by atoms with Gasteiger partial charge in [0, 0.05) is 42.2 Å². The number of rotatable bonds is 7.